The van der Waals surface area contributed by atoms with Crippen molar-refractivity contribution in [3.63, 3.8) is 0 Å². The maximum absolute atomic E-state index is 12.9. The van der Waals surface area contributed by atoms with Crippen molar-refractivity contribution in [2.24, 2.45) is 0 Å². The van der Waals surface area contributed by atoms with E-state index in [0.29, 0.717) is 24.5 Å². The Morgan fingerprint density at radius 1 is 1.48 bits per heavy atom. The molecule has 0 spiro atoms. The van der Waals surface area contributed by atoms with Crippen LogP contribution in [-0.2, 0) is 4.74 Å². The second-order valence-corrected chi connectivity index (χ2v) is 6.15. The van der Waals surface area contributed by atoms with Gasteiger partial charge in [0.2, 0.25) is 0 Å². The second-order valence-electron chi connectivity index (χ2n) is 6.15. The lowest BCUT2D eigenvalue weighted by Gasteiger charge is -2.21. The summed E-state index contributed by atoms with van der Waals surface area (Å²) in [5.41, 5.74) is 0.438. The first-order valence-electron chi connectivity index (χ1n) is 7.75. The molecule has 1 saturated heterocycles. The molecule has 1 aliphatic rings. The molecule has 0 aliphatic carbocycles. The molecular formula is C15H22N6O2. The van der Waals surface area contributed by atoms with Gasteiger partial charge in [0.1, 0.15) is 11.5 Å². The van der Waals surface area contributed by atoms with Gasteiger partial charge in [-0.2, -0.15) is 5.10 Å². The normalized spacial score (nSPS) is 21.3. The number of hydrogen-bond donors (Lipinski definition) is 1. The highest BCUT2D eigenvalue weighted by Gasteiger charge is 2.39. The summed E-state index contributed by atoms with van der Waals surface area (Å²) < 4.78 is 7.36. The van der Waals surface area contributed by atoms with E-state index < -0.39 is 0 Å². The number of aryl methyl sites for hydroxylation is 1. The second kappa shape index (κ2) is 6.11. The number of aromatic nitrogens is 5. The van der Waals surface area contributed by atoms with Crippen molar-refractivity contribution in [3.8, 4) is 0 Å². The lowest BCUT2D eigenvalue weighted by atomic mass is 10.2. The molecule has 0 bridgehead atoms. The van der Waals surface area contributed by atoms with Crippen LogP contribution in [0.15, 0.2) is 12.5 Å². The highest BCUT2D eigenvalue weighted by Crippen LogP contribution is 2.32. The number of ether oxygens (including phenoxy) is 1. The predicted octanol–water partition coefficient (Wildman–Crippen LogP) is 1.49. The summed E-state index contributed by atoms with van der Waals surface area (Å²) in [5, 5.41) is 7.05. The Morgan fingerprint density at radius 3 is 2.83 bits per heavy atom. The van der Waals surface area contributed by atoms with E-state index in [1.165, 1.54) is 0 Å². The van der Waals surface area contributed by atoms with Gasteiger partial charge in [0, 0.05) is 32.3 Å². The third-order valence-corrected chi connectivity index (χ3v) is 4.19. The zero-order valence-electron chi connectivity index (χ0n) is 13.9. The molecule has 0 aromatic carbocycles. The molecule has 8 heteroatoms. The molecule has 1 aliphatic heterocycles. The molecule has 1 fully saturated rings. The van der Waals surface area contributed by atoms with E-state index in [9.17, 15) is 4.79 Å². The van der Waals surface area contributed by atoms with Gasteiger partial charge in [-0.15, -0.1) is 0 Å². The number of likely N-dealkylation sites (tertiary alicyclic amines) is 1. The Hall–Kier alpha value is -2.22. The van der Waals surface area contributed by atoms with Gasteiger partial charge in [-0.3, -0.25) is 9.89 Å². The Bertz CT molecular complexity index is 692. The van der Waals surface area contributed by atoms with Gasteiger partial charge < -0.3 is 14.2 Å². The molecule has 2 aromatic heterocycles. The highest BCUT2D eigenvalue weighted by molar-refractivity contribution is 5.92. The maximum atomic E-state index is 12.9. The summed E-state index contributed by atoms with van der Waals surface area (Å²) in [6.07, 6.45) is 4.14. The Balaban J connectivity index is 1.86. The van der Waals surface area contributed by atoms with Gasteiger partial charge in [-0.05, 0) is 20.8 Å². The average molecular weight is 318 g/mol. The summed E-state index contributed by atoms with van der Waals surface area (Å²) in [5.74, 6) is 1.24. The van der Waals surface area contributed by atoms with E-state index >= 15 is 0 Å². The van der Waals surface area contributed by atoms with Crippen LogP contribution in [0.25, 0.3) is 0 Å². The van der Waals surface area contributed by atoms with E-state index in [1.54, 1.807) is 24.5 Å². The fourth-order valence-corrected chi connectivity index (χ4v) is 2.82. The van der Waals surface area contributed by atoms with Gasteiger partial charge in [0.05, 0.1) is 18.5 Å². The van der Waals surface area contributed by atoms with E-state index in [2.05, 4.69) is 20.2 Å². The Kier molecular flexibility index (Phi) is 4.16. The van der Waals surface area contributed by atoms with Gasteiger partial charge in [-0.25, -0.2) is 9.97 Å². The molecule has 2 atom stereocenters. The number of carbonyl (C=O) groups excluding carboxylic acids is 1. The van der Waals surface area contributed by atoms with Crippen LogP contribution in [0.4, 0.5) is 0 Å². The number of nitrogens with one attached hydrogen (secondary N) is 1. The lowest BCUT2D eigenvalue weighted by molar-refractivity contribution is 0.0679. The van der Waals surface area contributed by atoms with Gasteiger partial charge in [-0.1, -0.05) is 0 Å². The Morgan fingerprint density at radius 2 is 2.26 bits per heavy atom. The molecule has 0 radical (unpaired) electrons. The quantitative estimate of drug-likeness (QED) is 0.922. The SMILES string of the molecule is CO[C@@H]1C[C@@H](c2n[nH]c(C)n2)N(C(=O)c2cn(C(C)C)cn2)C1. The number of methoxy groups -OCH3 is 1. The molecule has 0 saturated carbocycles. The van der Waals surface area contributed by atoms with Crippen molar-refractivity contribution < 1.29 is 9.53 Å². The third kappa shape index (κ3) is 2.98. The smallest absolute Gasteiger partial charge is 0.274 e. The van der Waals surface area contributed by atoms with Crippen LogP contribution in [0, 0.1) is 6.92 Å². The summed E-state index contributed by atoms with van der Waals surface area (Å²) in [7, 11) is 1.66. The van der Waals surface area contributed by atoms with Crippen LogP contribution in [-0.4, -0.2) is 55.3 Å². The Labute approximate surface area is 134 Å². The predicted molar refractivity (Wildman–Crippen MR) is 82.9 cm³/mol. The molecular weight excluding hydrogens is 296 g/mol. The number of nitrogens with zero attached hydrogens (tertiary/aromatic N) is 5. The summed E-state index contributed by atoms with van der Waals surface area (Å²) >= 11 is 0. The van der Waals surface area contributed by atoms with Crippen molar-refractivity contribution in [2.75, 3.05) is 13.7 Å². The molecule has 0 unspecified atom stereocenters. The topological polar surface area (TPSA) is 88.9 Å². The number of hydrogen-bond acceptors (Lipinski definition) is 5. The fraction of sp³-hybridized carbons (Fsp3) is 0.600. The molecule has 124 valence electrons. The zero-order valence-corrected chi connectivity index (χ0v) is 13.9. The zero-order chi connectivity index (χ0) is 16.6. The number of amides is 1. The summed E-state index contributed by atoms with van der Waals surface area (Å²) in [6, 6.07) is 0.0717. The summed E-state index contributed by atoms with van der Waals surface area (Å²) in [4.78, 5) is 23.2. The maximum Gasteiger partial charge on any atom is 0.274 e. The first kappa shape index (κ1) is 15.7. The molecule has 2 aromatic rings. The average Bonchev–Trinajstić information content (AvgIpc) is 3.24. The van der Waals surface area contributed by atoms with Crippen molar-refractivity contribution in [2.45, 2.75) is 45.4 Å². The summed E-state index contributed by atoms with van der Waals surface area (Å²) in [6.45, 7) is 6.45. The molecule has 1 N–H and O–H groups in total. The van der Waals surface area contributed by atoms with Crippen LogP contribution < -0.4 is 0 Å². The number of H-pyrrole nitrogens is 1. The number of aromatic amines is 1. The van der Waals surface area contributed by atoms with Gasteiger partial charge in [0.15, 0.2) is 5.82 Å². The first-order valence-corrected chi connectivity index (χ1v) is 7.75. The molecule has 3 heterocycles. The minimum atomic E-state index is -0.193. The number of imidazole rings is 1. The number of carbonyl (C=O) groups is 1. The molecule has 1 amide bonds. The van der Waals surface area contributed by atoms with Crippen LogP contribution in [0.3, 0.4) is 0 Å². The largest absolute Gasteiger partial charge is 0.380 e. The minimum absolute atomic E-state index is 0.0186. The van der Waals surface area contributed by atoms with E-state index in [1.807, 2.05) is 25.3 Å². The van der Waals surface area contributed by atoms with Crippen molar-refractivity contribution in [1.82, 2.24) is 29.6 Å². The van der Waals surface area contributed by atoms with Gasteiger partial charge in [0.25, 0.3) is 5.91 Å². The van der Waals surface area contributed by atoms with Crippen molar-refractivity contribution >= 4 is 5.91 Å². The fourth-order valence-electron chi connectivity index (χ4n) is 2.82. The van der Waals surface area contributed by atoms with Crippen LogP contribution in [0.1, 0.15) is 54.5 Å². The molecule has 23 heavy (non-hydrogen) atoms. The standard InChI is InChI=1S/C15H22N6O2/c1-9(2)20-7-12(16-8-20)15(22)21-6-11(23-4)5-13(21)14-17-10(3)18-19-14/h7-9,11,13H,5-6H2,1-4H3,(H,17,18,19)/t11-,13+/m1/s1. The minimum Gasteiger partial charge on any atom is -0.380 e. The highest BCUT2D eigenvalue weighted by atomic mass is 16.5. The van der Waals surface area contributed by atoms with E-state index in [-0.39, 0.29) is 24.1 Å². The monoisotopic (exact) mass is 318 g/mol. The third-order valence-electron chi connectivity index (χ3n) is 4.19. The van der Waals surface area contributed by atoms with Crippen LogP contribution in [0.5, 0.6) is 0 Å². The molecule has 3 rings (SSSR count). The van der Waals surface area contributed by atoms with Gasteiger partial charge >= 0.3 is 0 Å². The van der Waals surface area contributed by atoms with E-state index in [4.69, 9.17) is 4.74 Å². The first-order chi connectivity index (χ1) is 11.0. The van der Waals surface area contributed by atoms with Crippen molar-refractivity contribution in [1.29, 1.82) is 0 Å². The van der Waals surface area contributed by atoms with Crippen LogP contribution in [0.2, 0.25) is 0 Å². The number of rotatable bonds is 4. The van der Waals surface area contributed by atoms with Crippen LogP contribution >= 0.6 is 0 Å². The molecule has 8 nitrogen and oxygen atoms in total. The van der Waals surface area contributed by atoms with Crippen molar-refractivity contribution in [3.05, 3.63) is 29.9 Å². The lowest BCUT2D eigenvalue weighted by Crippen LogP contribution is -2.32. The van der Waals surface area contributed by atoms with E-state index in [0.717, 1.165) is 5.82 Å².